The van der Waals surface area contributed by atoms with Gasteiger partial charge in [-0.2, -0.15) is 0 Å². The Morgan fingerprint density at radius 3 is 2.26 bits per heavy atom. The van der Waals surface area contributed by atoms with Crippen LogP contribution in [-0.2, 0) is 9.59 Å². The lowest BCUT2D eigenvalue weighted by Gasteiger charge is -2.50. The van der Waals surface area contributed by atoms with E-state index in [0.717, 1.165) is 38.5 Å². The van der Waals surface area contributed by atoms with Crippen molar-refractivity contribution >= 4 is 11.8 Å². The van der Waals surface area contributed by atoms with Gasteiger partial charge in [0.1, 0.15) is 5.54 Å². The number of rotatable bonds is 1. The van der Waals surface area contributed by atoms with E-state index in [2.05, 4.69) is 12.2 Å². The van der Waals surface area contributed by atoms with Gasteiger partial charge < -0.3 is 10.2 Å². The van der Waals surface area contributed by atoms with Gasteiger partial charge in [-0.15, -0.1) is 0 Å². The maximum absolute atomic E-state index is 13.0. The molecular formula is C15H24N2O2. The molecule has 106 valence electrons. The fourth-order valence-electron chi connectivity index (χ4n) is 3.92. The lowest BCUT2D eigenvalue weighted by Crippen LogP contribution is -2.63. The first-order valence-electron chi connectivity index (χ1n) is 7.69. The van der Waals surface area contributed by atoms with Crippen molar-refractivity contribution in [3.63, 3.8) is 0 Å². The first-order valence-corrected chi connectivity index (χ1v) is 7.69. The molecule has 2 saturated carbocycles. The van der Waals surface area contributed by atoms with Crippen LogP contribution in [0.15, 0.2) is 0 Å². The Hall–Kier alpha value is -1.06. The van der Waals surface area contributed by atoms with E-state index in [9.17, 15) is 9.59 Å². The molecule has 0 aromatic carbocycles. The van der Waals surface area contributed by atoms with Gasteiger partial charge in [0.25, 0.3) is 0 Å². The molecule has 0 bridgehead atoms. The maximum atomic E-state index is 13.0. The smallest absolute Gasteiger partial charge is 0.248 e. The molecule has 4 heteroatoms. The Morgan fingerprint density at radius 1 is 1.00 bits per heavy atom. The van der Waals surface area contributed by atoms with Gasteiger partial charge in [-0.05, 0) is 39.0 Å². The summed E-state index contributed by atoms with van der Waals surface area (Å²) in [6, 6.07) is 0. The van der Waals surface area contributed by atoms with E-state index >= 15 is 0 Å². The molecule has 0 unspecified atom stereocenters. The second-order valence-corrected chi connectivity index (χ2v) is 6.75. The van der Waals surface area contributed by atoms with E-state index in [0.29, 0.717) is 13.0 Å². The molecule has 1 N–H and O–H groups in total. The van der Waals surface area contributed by atoms with Gasteiger partial charge in [-0.1, -0.05) is 19.3 Å². The molecule has 1 heterocycles. The van der Waals surface area contributed by atoms with E-state index < -0.39 is 5.54 Å². The van der Waals surface area contributed by atoms with Crippen LogP contribution in [0.3, 0.4) is 0 Å². The molecule has 2 aliphatic carbocycles. The third-order valence-corrected chi connectivity index (χ3v) is 5.39. The summed E-state index contributed by atoms with van der Waals surface area (Å²) in [4.78, 5) is 27.0. The molecule has 3 fully saturated rings. The van der Waals surface area contributed by atoms with Crippen LogP contribution in [0.25, 0.3) is 0 Å². The summed E-state index contributed by atoms with van der Waals surface area (Å²) < 4.78 is 0. The summed E-state index contributed by atoms with van der Waals surface area (Å²) in [7, 11) is 0. The van der Waals surface area contributed by atoms with Crippen molar-refractivity contribution in [2.75, 3.05) is 6.54 Å². The normalized spacial score (nSPS) is 29.6. The Kier molecular flexibility index (Phi) is 3.06. The van der Waals surface area contributed by atoms with E-state index in [1.807, 2.05) is 4.90 Å². The van der Waals surface area contributed by atoms with Crippen molar-refractivity contribution in [1.82, 2.24) is 10.2 Å². The van der Waals surface area contributed by atoms with Crippen molar-refractivity contribution in [3.05, 3.63) is 0 Å². The fourth-order valence-corrected chi connectivity index (χ4v) is 3.92. The number of carbonyl (C=O) groups is 2. The third kappa shape index (κ3) is 2.05. The minimum absolute atomic E-state index is 0.00777. The van der Waals surface area contributed by atoms with E-state index in [-0.39, 0.29) is 17.4 Å². The summed E-state index contributed by atoms with van der Waals surface area (Å²) in [6.45, 7) is 2.78. The van der Waals surface area contributed by atoms with Crippen LogP contribution >= 0.6 is 0 Å². The quantitative estimate of drug-likeness (QED) is 0.787. The van der Waals surface area contributed by atoms with Crippen molar-refractivity contribution in [3.8, 4) is 0 Å². The zero-order valence-electron chi connectivity index (χ0n) is 11.8. The molecule has 0 aromatic rings. The van der Waals surface area contributed by atoms with Crippen LogP contribution in [0.2, 0.25) is 0 Å². The van der Waals surface area contributed by atoms with Gasteiger partial charge in [-0.25, -0.2) is 0 Å². The Morgan fingerprint density at radius 2 is 1.68 bits per heavy atom. The fraction of sp³-hybridized carbons (Fsp3) is 0.867. The van der Waals surface area contributed by atoms with Crippen molar-refractivity contribution < 1.29 is 9.59 Å². The highest BCUT2D eigenvalue weighted by molar-refractivity contribution is 5.94. The van der Waals surface area contributed by atoms with Crippen molar-refractivity contribution in [2.24, 2.45) is 0 Å². The van der Waals surface area contributed by atoms with Gasteiger partial charge in [-0.3, -0.25) is 9.59 Å². The molecular weight excluding hydrogens is 240 g/mol. The topological polar surface area (TPSA) is 49.4 Å². The van der Waals surface area contributed by atoms with Crippen LogP contribution in [0.4, 0.5) is 0 Å². The van der Waals surface area contributed by atoms with Crippen LogP contribution in [-0.4, -0.2) is 34.3 Å². The number of amides is 2. The number of hydrogen-bond acceptors (Lipinski definition) is 2. The van der Waals surface area contributed by atoms with Crippen LogP contribution in [0.5, 0.6) is 0 Å². The molecule has 0 radical (unpaired) electrons. The highest BCUT2D eigenvalue weighted by Gasteiger charge is 2.50. The van der Waals surface area contributed by atoms with E-state index in [4.69, 9.17) is 0 Å². The minimum atomic E-state index is -0.579. The van der Waals surface area contributed by atoms with Crippen molar-refractivity contribution in [1.29, 1.82) is 0 Å². The summed E-state index contributed by atoms with van der Waals surface area (Å²) in [5.41, 5.74) is -0.571. The molecule has 1 spiro atoms. The SMILES string of the molecule is CC1(N2CCC(=O)NC3(CCCCC3)C2=O)CCC1. The number of carbonyl (C=O) groups excluding carboxylic acids is 2. The zero-order valence-corrected chi connectivity index (χ0v) is 11.8. The maximum Gasteiger partial charge on any atom is 0.248 e. The summed E-state index contributed by atoms with van der Waals surface area (Å²) in [5, 5.41) is 3.06. The summed E-state index contributed by atoms with van der Waals surface area (Å²) in [5.74, 6) is 0.251. The largest absolute Gasteiger partial charge is 0.342 e. The number of hydrogen-bond donors (Lipinski definition) is 1. The lowest BCUT2D eigenvalue weighted by atomic mass is 9.74. The number of nitrogens with zero attached hydrogens (tertiary/aromatic N) is 1. The van der Waals surface area contributed by atoms with Gasteiger partial charge >= 0.3 is 0 Å². The van der Waals surface area contributed by atoms with Gasteiger partial charge in [0, 0.05) is 18.5 Å². The predicted octanol–water partition coefficient (Wildman–Crippen LogP) is 1.98. The molecule has 2 amide bonds. The monoisotopic (exact) mass is 264 g/mol. The molecule has 3 rings (SSSR count). The van der Waals surface area contributed by atoms with E-state index in [1.165, 1.54) is 12.8 Å². The standard InChI is InChI=1S/C15H24N2O2/c1-14(7-5-8-14)17-11-6-12(18)16-15(13(17)19)9-3-2-4-10-15/h2-11H2,1H3,(H,16,18). The highest BCUT2D eigenvalue weighted by atomic mass is 16.2. The van der Waals surface area contributed by atoms with Crippen molar-refractivity contribution in [2.45, 2.75) is 75.8 Å². The third-order valence-electron chi connectivity index (χ3n) is 5.39. The molecule has 0 aromatic heterocycles. The number of nitrogens with one attached hydrogen (secondary N) is 1. The Balaban J connectivity index is 1.90. The van der Waals surface area contributed by atoms with Crippen LogP contribution in [0, 0.1) is 0 Å². The molecule has 1 aliphatic heterocycles. The molecule has 0 atom stereocenters. The first-order chi connectivity index (χ1) is 9.06. The van der Waals surface area contributed by atoms with Gasteiger partial charge in [0.05, 0.1) is 0 Å². The second kappa shape index (κ2) is 4.50. The van der Waals surface area contributed by atoms with E-state index in [1.54, 1.807) is 0 Å². The molecule has 4 nitrogen and oxygen atoms in total. The van der Waals surface area contributed by atoms with Crippen LogP contribution < -0.4 is 5.32 Å². The average Bonchev–Trinajstić information content (AvgIpc) is 2.47. The minimum Gasteiger partial charge on any atom is -0.342 e. The Bertz CT molecular complexity index is 395. The van der Waals surface area contributed by atoms with Gasteiger partial charge in [0.15, 0.2) is 0 Å². The first kappa shape index (κ1) is 12.9. The molecule has 1 saturated heterocycles. The summed E-state index contributed by atoms with van der Waals surface area (Å²) in [6.07, 6.45) is 8.77. The Labute approximate surface area is 114 Å². The summed E-state index contributed by atoms with van der Waals surface area (Å²) >= 11 is 0. The highest BCUT2D eigenvalue weighted by Crippen LogP contribution is 2.41. The predicted molar refractivity (Wildman–Crippen MR) is 72.5 cm³/mol. The second-order valence-electron chi connectivity index (χ2n) is 6.75. The molecule has 19 heavy (non-hydrogen) atoms. The average molecular weight is 264 g/mol. The van der Waals surface area contributed by atoms with Gasteiger partial charge in [0.2, 0.25) is 11.8 Å². The lowest BCUT2D eigenvalue weighted by molar-refractivity contribution is -0.148. The zero-order chi connectivity index (χ0) is 13.5. The molecule has 3 aliphatic rings. The van der Waals surface area contributed by atoms with Crippen LogP contribution in [0.1, 0.15) is 64.7 Å².